The van der Waals surface area contributed by atoms with Crippen molar-refractivity contribution in [3.63, 3.8) is 0 Å². The molecule has 2 amide bonds. The maximum atomic E-state index is 14.1. The minimum Gasteiger partial charge on any atom is -0.449 e. The zero-order valence-corrected chi connectivity index (χ0v) is 38.8. The SMILES string of the molecule is CNC(=O)OCCC(CSc1ccccc1)Nc1ccc(S(=O)(=O)NC(=O)c2ccc(N3CCN(CC4=C(c5ccc(Cl)cc5)CCC(C)(C)C4)CC3)cc2)cc1S(=O)(=O)C(F)(F)F. The predicted octanol–water partition coefficient (Wildman–Crippen LogP) is 8.86. The molecule has 19 heteroatoms. The Morgan fingerprint density at radius 1 is 0.906 bits per heavy atom. The number of anilines is 2. The van der Waals surface area contributed by atoms with E-state index >= 15 is 0 Å². The van der Waals surface area contributed by atoms with Crippen LogP contribution in [0.15, 0.2) is 117 Å². The van der Waals surface area contributed by atoms with Crippen LogP contribution in [0.4, 0.5) is 29.3 Å². The van der Waals surface area contributed by atoms with Crippen molar-refractivity contribution in [2.24, 2.45) is 5.41 Å². The highest BCUT2D eigenvalue weighted by Gasteiger charge is 2.48. The Morgan fingerprint density at radius 3 is 2.22 bits per heavy atom. The molecule has 0 radical (unpaired) electrons. The molecule has 4 aromatic rings. The number of thioether (sulfide) groups is 1. The number of piperazine rings is 1. The number of benzene rings is 4. The summed E-state index contributed by atoms with van der Waals surface area (Å²) in [5, 5.41) is 5.78. The molecule has 344 valence electrons. The third-order valence-electron chi connectivity index (χ3n) is 11.2. The minimum atomic E-state index is -6.12. The summed E-state index contributed by atoms with van der Waals surface area (Å²) in [6.45, 7) is 8.34. The molecule has 12 nitrogen and oxygen atoms in total. The number of hydrogen-bond acceptors (Lipinski definition) is 11. The van der Waals surface area contributed by atoms with Crippen LogP contribution < -0.4 is 20.3 Å². The fraction of sp³-hybridized carbons (Fsp3) is 0.378. The van der Waals surface area contributed by atoms with Gasteiger partial charge in [0.15, 0.2) is 0 Å². The van der Waals surface area contributed by atoms with E-state index in [1.807, 2.05) is 29.0 Å². The summed E-state index contributed by atoms with van der Waals surface area (Å²) in [6.07, 6.45) is 2.43. The van der Waals surface area contributed by atoms with Gasteiger partial charge in [-0.25, -0.2) is 26.4 Å². The van der Waals surface area contributed by atoms with Crippen LogP contribution in [0.25, 0.3) is 5.57 Å². The number of sulfone groups is 1. The van der Waals surface area contributed by atoms with E-state index in [4.69, 9.17) is 16.3 Å². The number of nitrogens with one attached hydrogen (secondary N) is 3. The quantitative estimate of drug-likeness (QED) is 0.0924. The molecule has 3 N–H and O–H groups in total. The van der Waals surface area contributed by atoms with Crippen molar-refractivity contribution in [1.29, 1.82) is 0 Å². The largest absolute Gasteiger partial charge is 0.501 e. The molecule has 0 saturated carbocycles. The molecule has 1 aliphatic carbocycles. The van der Waals surface area contributed by atoms with E-state index in [9.17, 15) is 39.6 Å². The Labute approximate surface area is 381 Å². The van der Waals surface area contributed by atoms with Crippen molar-refractivity contribution in [1.82, 2.24) is 14.9 Å². The van der Waals surface area contributed by atoms with Crippen LogP contribution in [0, 0.1) is 5.41 Å². The number of sulfonamides is 1. The summed E-state index contributed by atoms with van der Waals surface area (Å²) in [6, 6.07) is 24.8. The van der Waals surface area contributed by atoms with Gasteiger partial charge in [-0.1, -0.05) is 61.4 Å². The van der Waals surface area contributed by atoms with E-state index in [2.05, 4.69) is 46.4 Å². The zero-order chi connectivity index (χ0) is 46.3. The second-order valence-corrected chi connectivity index (χ2v) is 21.5. The average Bonchev–Trinajstić information content (AvgIpc) is 3.25. The Bertz CT molecular complexity index is 2540. The minimum absolute atomic E-state index is 0.0355. The second-order valence-electron chi connectivity index (χ2n) is 16.4. The lowest BCUT2D eigenvalue weighted by molar-refractivity contribution is -0.0436. The van der Waals surface area contributed by atoms with Gasteiger partial charge >= 0.3 is 11.6 Å². The van der Waals surface area contributed by atoms with Gasteiger partial charge in [0.05, 0.1) is 17.2 Å². The van der Waals surface area contributed by atoms with E-state index in [1.54, 1.807) is 30.3 Å². The van der Waals surface area contributed by atoms with Crippen molar-refractivity contribution in [2.45, 2.75) is 65.8 Å². The number of alkyl halides is 3. The average molecular weight is 963 g/mol. The van der Waals surface area contributed by atoms with E-state index in [1.165, 1.54) is 47.7 Å². The van der Waals surface area contributed by atoms with Gasteiger partial charge in [-0.15, -0.1) is 11.8 Å². The van der Waals surface area contributed by atoms with Crippen LogP contribution in [0.1, 0.15) is 55.5 Å². The van der Waals surface area contributed by atoms with Crippen LogP contribution in [0.3, 0.4) is 0 Å². The summed E-state index contributed by atoms with van der Waals surface area (Å²) in [7, 11) is -9.66. The van der Waals surface area contributed by atoms with Gasteiger partial charge in [-0.2, -0.15) is 13.2 Å². The number of carbonyl (C=O) groups is 2. The summed E-state index contributed by atoms with van der Waals surface area (Å²) in [5.41, 5.74) is -1.31. The predicted molar refractivity (Wildman–Crippen MR) is 245 cm³/mol. The first-order valence-electron chi connectivity index (χ1n) is 20.6. The molecule has 0 spiro atoms. The number of allylic oxidation sites excluding steroid dienone is 1. The van der Waals surface area contributed by atoms with Gasteiger partial charge < -0.3 is 20.3 Å². The molecule has 1 fully saturated rings. The van der Waals surface area contributed by atoms with Crippen LogP contribution in [-0.2, 0) is 24.6 Å². The Balaban J connectivity index is 1.13. The molecule has 0 bridgehead atoms. The van der Waals surface area contributed by atoms with Gasteiger partial charge in [-0.3, -0.25) is 9.69 Å². The Kier molecular flexibility index (Phi) is 15.7. The third kappa shape index (κ3) is 12.5. The molecule has 0 aromatic heterocycles. The summed E-state index contributed by atoms with van der Waals surface area (Å²) in [5.74, 6) is -0.866. The van der Waals surface area contributed by atoms with Gasteiger partial charge in [0.2, 0.25) is 0 Å². The van der Waals surface area contributed by atoms with Crippen molar-refractivity contribution in [2.75, 3.05) is 62.3 Å². The first-order valence-corrected chi connectivity index (χ1v) is 24.9. The highest BCUT2D eigenvalue weighted by Crippen LogP contribution is 2.43. The van der Waals surface area contributed by atoms with Crippen molar-refractivity contribution >= 4 is 72.2 Å². The van der Waals surface area contributed by atoms with Gasteiger partial charge in [0, 0.05) is 79.2 Å². The van der Waals surface area contributed by atoms with Crippen molar-refractivity contribution < 1.29 is 44.3 Å². The number of ether oxygens (including phenoxy) is 1. The molecule has 1 unspecified atom stereocenters. The van der Waals surface area contributed by atoms with E-state index in [0.29, 0.717) is 11.1 Å². The van der Waals surface area contributed by atoms with Gasteiger partial charge in [0.1, 0.15) is 4.90 Å². The van der Waals surface area contributed by atoms with Crippen LogP contribution >= 0.6 is 23.4 Å². The van der Waals surface area contributed by atoms with E-state index in [-0.39, 0.29) is 29.8 Å². The maximum absolute atomic E-state index is 14.1. The lowest BCUT2D eigenvalue weighted by Crippen LogP contribution is -2.47. The highest BCUT2D eigenvalue weighted by molar-refractivity contribution is 7.99. The van der Waals surface area contributed by atoms with Gasteiger partial charge in [-0.05, 0) is 103 Å². The molecule has 6 rings (SSSR count). The molecule has 1 aliphatic heterocycles. The Morgan fingerprint density at radius 2 is 1.58 bits per heavy atom. The Hall–Kier alpha value is -4.75. The number of halogens is 4. The van der Waals surface area contributed by atoms with Crippen molar-refractivity contribution in [3.8, 4) is 0 Å². The lowest BCUT2D eigenvalue weighted by Gasteiger charge is -2.39. The van der Waals surface area contributed by atoms with E-state index < -0.39 is 58.9 Å². The standard InChI is InChI=1S/C45H51ClF3N5O7S3/c1-44(2)21-19-39(31-9-13-34(46)14-10-31)33(28-44)29-53-22-24-54(25-23-53)36-15-11-32(12-16-36)42(55)52-64(59,60)38-17-18-40(41(27-38)63(57,58)45(47,48)49)51-35(20-26-61-43(56)50-3)30-62-37-7-5-4-6-8-37/h4-18,27,35,51H,19-26,28-30H2,1-3H3,(H,50,56)(H,52,55). The molecule has 4 aromatic carbocycles. The maximum Gasteiger partial charge on any atom is 0.501 e. The van der Waals surface area contributed by atoms with Gasteiger partial charge in [0.25, 0.3) is 25.8 Å². The topological polar surface area (TPSA) is 154 Å². The first kappa shape index (κ1) is 48.7. The van der Waals surface area contributed by atoms with Crippen molar-refractivity contribution in [3.05, 3.63) is 119 Å². The number of amides is 2. The molecule has 1 saturated heterocycles. The van der Waals surface area contributed by atoms with Crippen LogP contribution in [0.5, 0.6) is 0 Å². The van der Waals surface area contributed by atoms with Crippen LogP contribution in [-0.4, -0.2) is 97.4 Å². The number of carbonyl (C=O) groups excluding carboxylic acids is 2. The lowest BCUT2D eigenvalue weighted by atomic mass is 9.73. The number of rotatable bonds is 16. The fourth-order valence-electron chi connectivity index (χ4n) is 7.69. The number of alkyl carbamates (subject to hydrolysis) is 1. The summed E-state index contributed by atoms with van der Waals surface area (Å²) >= 11 is 7.49. The molecular weight excluding hydrogens is 911 g/mol. The fourth-order valence-corrected chi connectivity index (χ4v) is 10.8. The first-order chi connectivity index (χ1) is 30.2. The monoisotopic (exact) mass is 961 g/mol. The van der Waals surface area contributed by atoms with Crippen LogP contribution in [0.2, 0.25) is 5.02 Å². The molecule has 64 heavy (non-hydrogen) atoms. The molecular formula is C45H51ClF3N5O7S3. The number of nitrogens with zero attached hydrogens (tertiary/aromatic N) is 2. The highest BCUT2D eigenvalue weighted by atomic mass is 35.5. The summed E-state index contributed by atoms with van der Waals surface area (Å²) < 4.78 is 102. The number of hydrogen-bond donors (Lipinski definition) is 3. The smallest absolute Gasteiger partial charge is 0.449 e. The van der Waals surface area contributed by atoms with E-state index in [0.717, 1.165) is 74.7 Å². The molecule has 2 aliphatic rings. The molecule has 1 heterocycles. The second kappa shape index (κ2) is 20.6. The zero-order valence-electron chi connectivity index (χ0n) is 35.6. The summed E-state index contributed by atoms with van der Waals surface area (Å²) in [4.78, 5) is 28.1. The normalized spacial score (nSPS) is 16.5. The molecule has 1 atom stereocenters. The third-order valence-corrected chi connectivity index (χ3v) is 15.5.